The molecule has 5 nitrogen and oxygen atoms in total. The van der Waals surface area contributed by atoms with Crippen LogP contribution in [0.25, 0.3) is 10.8 Å². The molecule has 1 aliphatic rings. The Labute approximate surface area is 161 Å². The minimum atomic E-state index is 0.0697. The van der Waals surface area contributed by atoms with Crippen LogP contribution >= 0.6 is 0 Å². The van der Waals surface area contributed by atoms with Gasteiger partial charge in [-0.3, -0.25) is 14.5 Å². The van der Waals surface area contributed by atoms with Gasteiger partial charge in [0.1, 0.15) is 0 Å². The van der Waals surface area contributed by atoms with E-state index in [0.29, 0.717) is 26.1 Å². The number of hydrogen-bond acceptors (Lipinski definition) is 3. The Morgan fingerprint density at radius 3 is 2.44 bits per heavy atom. The van der Waals surface area contributed by atoms with E-state index >= 15 is 0 Å². The van der Waals surface area contributed by atoms with Crippen molar-refractivity contribution in [3.8, 4) is 0 Å². The lowest BCUT2D eigenvalue weighted by Crippen LogP contribution is -2.52. The number of nitrogens with zero attached hydrogens (tertiary/aromatic N) is 2. The van der Waals surface area contributed by atoms with Gasteiger partial charge in [-0.1, -0.05) is 49.4 Å². The van der Waals surface area contributed by atoms with E-state index in [2.05, 4.69) is 41.4 Å². The molecule has 0 radical (unpaired) electrons. The molecule has 2 aromatic rings. The van der Waals surface area contributed by atoms with Crippen LogP contribution in [-0.2, 0) is 16.0 Å². The number of nitrogens with one attached hydrogen (secondary N) is 1. The number of piperazine rings is 1. The molecule has 0 spiro atoms. The van der Waals surface area contributed by atoms with Gasteiger partial charge in [0.2, 0.25) is 11.8 Å². The maximum absolute atomic E-state index is 12.6. The van der Waals surface area contributed by atoms with Gasteiger partial charge in [0.15, 0.2) is 0 Å². The number of benzene rings is 2. The lowest BCUT2D eigenvalue weighted by molar-refractivity contribution is -0.132. The van der Waals surface area contributed by atoms with E-state index in [1.165, 1.54) is 10.8 Å². The zero-order valence-electron chi connectivity index (χ0n) is 16.3. The SMILES string of the molecule is CCC(C)NC(=O)CN1CCN(C(=O)Cc2ccc3ccccc3c2)CC1. The van der Waals surface area contributed by atoms with Crippen LogP contribution in [0.1, 0.15) is 25.8 Å². The van der Waals surface area contributed by atoms with E-state index in [0.717, 1.165) is 25.1 Å². The Morgan fingerprint density at radius 1 is 1.04 bits per heavy atom. The maximum atomic E-state index is 12.6. The highest BCUT2D eigenvalue weighted by atomic mass is 16.2. The summed E-state index contributed by atoms with van der Waals surface area (Å²) in [5, 5.41) is 5.36. The van der Waals surface area contributed by atoms with E-state index in [1.54, 1.807) is 0 Å². The molecule has 2 amide bonds. The van der Waals surface area contributed by atoms with Crippen molar-refractivity contribution in [3.05, 3.63) is 48.0 Å². The summed E-state index contributed by atoms with van der Waals surface area (Å²) < 4.78 is 0. The molecule has 1 unspecified atom stereocenters. The molecule has 1 atom stereocenters. The van der Waals surface area contributed by atoms with Crippen molar-refractivity contribution in [1.82, 2.24) is 15.1 Å². The Morgan fingerprint density at radius 2 is 1.74 bits per heavy atom. The third-order valence-electron chi connectivity index (χ3n) is 5.28. The lowest BCUT2D eigenvalue weighted by Gasteiger charge is -2.34. The summed E-state index contributed by atoms with van der Waals surface area (Å²) in [4.78, 5) is 28.7. The molecule has 0 saturated carbocycles. The van der Waals surface area contributed by atoms with Crippen molar-refractivity contribution in [1.29, 1.82) is 0 Å². The van der Waals surface area contributed by atoms with E-state index in [-0.39, 0.29) is 17.9 Å². The fraction of sp³-hybridized carbons (Fsp3) is 0.455. The zero-order valence-corrected chi connectivity index (χ0v) is 16.3. The zero-order chi connectivity index (χ0) is 19.2. The Balaban J connectivity index is 1.48. The van der Waals surface area contributed by atoms with Crippen LogP contribution in [0, 0.1) is 0 Å². The van der Waals surface area contributed by atoms with Crippen molar-refractivity contribution >= 4 is 22.6 Å². The molecular weight excluding hydrogens is 338 g/mol. The van der Waals surface area contributed by atoms with Gasteiger partial charge < -0.3 is 10.2 Å². The molecule has 1 N–H and O–H groups in total. The van der Waals surface area contributed by atoms with Crippen LogP contribution in [0.15, 0.2) is 42.5 Å². The van der Waals surface area contributed by atoms with Crippen molar-refractivity contribution in [2.45, 2.75) is 32.7 Å². The number of rotatable bonds is 6. The first-order valence-corrected chi connectivity index (χ1v) is 9.82. The topological polar surface area (TPSA) is 52.7 Å². The summed E-state index contributed by atoms with van der Waals surface area (Å²) in [6, 6.07) is 14.6. The Kier molecular flexibility index (Phi) is 6.45. The summed E-state index contributed by atoms with van der Waals surface area (Å²) >= 11 is 0. The lowest BCUT2D eigenvalue weighted by atomic mass is 10.0. The van der Waals surface area contributed by atoms with Gasteiger partial charge in [-0.15, -0.1) is 0 Å². The third-order valence-corrected chi connectivity index (χ3v) is 5.28. The number of carbonyl (C=O) groups excluding carboxylic acids is 2. The standard InChI is InChI=1S/C22H29N3O2/c1-3-17(2)23-21(26)16-24-10-12-25(13-11-24)22(27)15-18-8-9-19-6-4-5-7-20(19)14-18/h4-9,14,17H,3,10-13,15-16H2,1-2H3,(H,23,26). The van der Waals surface area contributed by atoms with Gasteiger partial charge in [-0.2, -0.15) is 0 Å². The molecule has 0 bridgehead atoms. The molecule has 144 valence electrons. The van der Waals surface area contributed by atoms with Crippen LogP contribution < -0.4 is 5.32 Å². The molecule has 1 aliphatic heterocycles. The van der Waals surface area contributed by atoms with E-state index in [4.69, 9.17) is 0 Å². The van der Waals surface area contributed by atoms with Crippen molar-refractivity contribution in [3.63, 3.8) is 0 Å². The van der Waals surface area contributed by atoms with Crippen molar-refractivity contribution in [2.75, 3.05) is 32.7 Å². The minimum absolute atomic E-state index is 0.0697. The Hall–Kier alpha value is -2.40. The average molecular weight is 367 g/mol. The number of hydrogen-bond donors (Lipinski definition) is 1. The van der Waals surface area contributed by atoms with Crippen LogP contribution in [-0.4, -0.2) is 60.4 Å². The molecule has 0 aromatic heterocycles. The van der Waals surface area contributed by atoms with Crippen molar-refractivity contribution < 1.29 is 9.59 Å². The highest BCUT2D eigenvalue weighted by molar-refractivity contribution is 5.85. The molecule has 1 fully saturated rings. The van der Waals surface area contributed by atoms with Crippen LogP contribution in [0.5, 0.6) is 0 Å². The molecule has 27 heavy (non-hydrogen) atoms. The first-order valence-electron chi connectivity index (χ1n) is 9.82. The largest absolute Gasteiger partial charge is 0.353 e. The summed E-state index contributed by atoms with van der Waals surface area (Å²) in [5.74, 6) is 0.231. The second-order valence-electron chi connectivity index (χ2n) is 7.39. The van der Waals surface area contributed by atoms with Crippen LogP contribution in [0.2, 0.25) is 0 Å². The highest BCUT2D eigenvalue weighted by Gasteiger charge is 2.22. The van der Waals surface area contributed by atoms with E-state index in [1.807, 2.05) is 30.0 Å². The van der Waals surface area contributed by atoms with E-state index in [9.17, 15) is 9.59 Å². The number of carbonyl (C=O) groups is 2. The summed E-state index contributed by atoms with van der Waals surface area (Å²) in [6.07, 6.45) is 1.36. The van der Waals surface area contributed by atoms with Crippen LogP contribution in [0.3, 0.4) is 0 Å². The molecular formula is C22H29N3O2. The van der Waals surface area contributed by atoms with Gasteiger partial charge in [0.25, 0.3) is 0 Å². The Bertz CT molecular complexity index is 797. The fourth-order valence-electron chi connectivity index (χ4n) is 3.42. The summed E-state index contributed by atoms with van der Waals surface area (Å²) in [5.41, 5.74) is 1.05. The highest BCUT2D eigenvalue weighted by Crippen LogP contribution is 2.16. The maximum Gasteiger partial charge on any atom is 0.234 e. The molecule has 3 rings (SSSR count). The number of amides is 2. The quantitative estimate of drug-likeness (QED) is 0.853. The average Bonchev–Trinajstić information content (AvgIpc) is 2.68. The first kappa shape index (κ1) is 19.4. The van der Waals surface area contributed by atoms with Gasteiger partial charge >= 0.3 is 0 Å². The first-order chi connectivity index (χ1) is 13.0. The predicted molar refractivity (Wildman–Crippen MR) is 109 cm³/mol. The second kappa shape index (κ2) is 9.00. The summed E-state index contributed by atoms with van der Waals surface area (Å²) in [6.45, 7) is 7.35. The van der Waals surface area contributed by atoms with Gasteiger partial charge in [-0.05, 0) is 29.7 Å². The minimum Gasteiger partial charge on any atom is -0.353 e. The summed E-state index contributed by atoms with van der Waals surface area (Å²) in [7, 11) is 0. The van der Waals surface area contributed by atoms with Crippen molar-refractivity contribution in [2.24, 2.45) is 0 Å². The molecule has 2 aromatic carbocycles. The normalized spacial score (nSPS) is 16.3. The molecule has 1 saturated heterocycles. The second-order valence-corrected chi connectivity index (χ2v) is 7.39. The van der Waals surface area contributed by atoms with Gasteiger partial charge in [-0.25, -0.2) is 0 Å². The van der Waals surface area contributed by atoms with Crippen LogP contribution in [0.4, 0.5) is 0 Å². The van der Waals surface area contributed by atoms with Gasteiger partial charge in [0.05, 0.1) is 13.0 Å². The molecule has 0 aliphatic carbocycles. The molecule has 5 heteroatoms. The monoisotopic (exact) mass is 367 g/mol. The fourth-order valence-corrected chi connectivity index (χ4v) is 3.42. The smallest absolute Gasteiger partial charge is 0.234 e. The van der Waals surface area contributed by atoms with Gasteiger partial charge in [0, 0.05) is 32.2 Å². The number of fused-ring (bicyclic) bond motifs is 1. The van der Waals surface area contributed by atoms with E-state index < -0.39 is 0 Å². The third kappa shape index (κ3) is 5.30. The predicted octanol–water partition coefficient (Wildman–Crippen LogP) is 2.44. The molecule has 1 heterocycles.